The van der Waals surface area contributed by atoms with Crippen LogP contribution >= 0.6 is 11.8 Å². The molecule has 1 saturated carbocycles. The molecule has 0 unspecified atom stereocenters. The molecular weight excluding hydrogens is 266 g/mol. The molecule has 1 aromatic heterocycles. The van der Waals surface area contributed by atoms with E-state index in [9.17, 15) is 0 Å². The summed E-state index contributed by atoms with van der Waals surface area (Å²) in [6, 6.07) is 0. The summed E-state index contributed by atoms with van der Waals surface area (Å²) in [5.74, 6) is 5.03. The minimum absolute atomic E-state index is 0.0190. The van der Waals surface area contributed by atoms with Gasteiger partial charge in [0.1, 0.15) is 11.6 Å². The van der Waals surface area contributed by atoms with Gasteiger partial charge in [-0.3, -0.25) is 0 Å². The maximum absolute atomic E-state index is 6.43. The van der Waals surface area contributed by atoms with E-state index in [2.05, 4.69) is 32.3 Å². The van der Waals surface area contributed by atoms with E-state index in [1.807, 2.05) is 11.8 Å². The number of aryl methyl sites for hydroxylation is 1. The van der Waals surface area contributed by atoms with Crippen molar-refractivity contribution in [2.45, 2.75) is 71.3 Å². The van der Waals surface area contributed by atoms with Gasteiger partial charge in [-0.25, -0.2) is 4.98 Å². The summed E-state index contributed by atoms with van der Waals surface area (Å²) >= 11 is 1.96. The standard InChI is InChI=1S/C16H29N3S/c1-5-20-11-10-13-14(17)19(16(2,3)4)15(18-13)12-8-6-7-9-12/h12H,5-11,17H2,1-4H3. The van der Waals surface area contributed by atoms with E-state index in [-0.39, 0.29) is 5.54 Å². The van der Waals surface area contributed by atoms with Crippen LogP contribution in [0.15, 0.2) is 0 Å². The van der Waals surface area contributed by atoms with Crippen molar-refractivity contribution in [2.24, 2.45) is 0 Å². The van der Waals surface area contributed by atoms with E-state index in [0.717, 1.165) is 29.4 Å². The van der Waals surface area contributed by atoms with Crippen molar-refractivity contribution in [1.82, 2.24) is 9.55 Å². The molecule has 20 heavy (non-hydrogen) atoms. The monoisotopic (exact) mass is 295 g/mol. The molecular formula is C16H29N3S. The second kappa shape index (κ2) is 6.42. The van der Waals surface area contributed by atoms with Crippen LogP contribution in [-0.4, -0.2) is 21.1 Å². The summed E-state index contributed by atoms with van der Waals surface area (Å²) in [4.78, 5) is 4.95. The first-order chi connectivity index (χ1) is 9.45. The van der Waals surface area contributed by atoms with Gasteiger partial charge < -0.3 is 10.3 Å². The zero-order chi connectivity index (χ0) is 14.8. The van der Waals surface area contributed by atoms with Gasteiger partial charge in [0.25, 0.3) is 0 Å². The highest BCUT2D eigenvalue weighted by Crippen LogP contribution is 2.38. The van der Waals surface area contributed by atoms with Gasteiger partial charge in [-0.05, 0) is 45.1 Å². The molecule has 3 nitrogen and oxygen atoms in total. The molecule has 0 amide bonds. The third kappa shape index (κ3) is 3.33. The molecule has 1 aliphatic rings. The number of hydrogen-bond acceptors (Lipinski definition) is 3. The van der Waals surface area contributed by atoms with E-state index in [1.165, 1.54) is 31.5 Å². The van der Waals surface area contributed by atoms with Gasteiger partial charge in [-0.15, -0.1) is 0 Å². The van der Waals surface area contributed by atoms with Crippen LogP contribution in [0.2, 0.25) is 0 Å². The second-order valence-corrected chi connectivity index (χ2v) is 8.13. The van der Waals surface area contributed by atoms with Gasteiger partial charge in [0.15, 0.2) is 0 Å². The highest BCUT2D eigenvalue weighted by molar-refractivity contribution is 7.99. The predicted octanol–water partition coefficient (Wildman–Crippen LogP) is 4.17. The Morgan fingerprint density at radius 1 is 1.30 bits per heavy atom. The Balaban J connectivity index is 2.30. The lowest BCUT2D eigenvalue weighted by Crippen LogP contribution is -2.26. The first-order valence-corrected chi connectivity index (χ1v) is 9.05. The fourth-order valence-electron chi connectivity index (χ4n) is 3.16. The molecule has 4 heteroatoms. The Kier molecular flexibility index (Phi) is 5.05. The van der Waals surface area contributed by atoms with Crippen molar-refractivity contribution < 1.29 is 0 Å². The maximum Gasteiger partial charge on any atom is 0.127 e. The minimum atomic E-state index is 0.0190. The van der Waals surface area contributed by atoms with E-state index in [4.69, 9.17) is 10.7 Å². The van der Waals surface area contributed by atoms with Crippen LogP contribution in [0.25, 0.3) is 0 Å². The summed E-state index contributed by atoms with van der Waals surface area (Å²) in [5.41, 5.74) is 7.56. The summed E-state index contributed by atoms with van der Waals surface area (Å²) in [6.45, 7) is 8.89. The number of anilines is 1. The number of rotatable bonds is 5. The number of hydrogen-bond donors (Lipinski definition) is 1. The topological polar surface area (TPSA) is 43.8 Å². The zero-order valence-electron chi connectivity index (χ0n) is 13.4. The molecule has 2 rings (SSSR count). The fraction of sp³-hybridized carbons (Fsp3) is 0.812. The minimum Gasteiger partial charge on any atom is -0.384 e. The second-order valence-electron chi connectivity index (χ2n) is 6.74. The number of thioether (sulfide) groups is 1. The highest BCUT2D eigenvalue weighted by Gasteiger charge is 2.29. The number of aromatic nitrogens is 2. The Hall–Kier alpha value is -0.640. The predicted molar refractivity (Wildman–Crippen MR) is 89.5 cm³/mol. The van der Waals surface area contributed by atoms with Crippen LogP contribution in [0.1, 0.15) is 70.8 Å². The third-order valence-corrected chi connectivity index (χ3v) is 4.99. The van der Waals surface area contributed by atoms with Crippen LogP contribution in [0.5, 0.6) is 0 Å². The van der Waals surface area contributed by atoms with E-state index in [0.29, 0.717) is 5.92 Å². The molecule has 0 atom stereocenters. The molecule has 2 N–H and O–H groups in total. The highest BCUT2D eigenvalue weighted by atomic mass is 32.2. The van der Waals surface area contributed by atoms with Crippen molar-refractivity contribution in [3.63, 3.8) is 0 Å². The molecule has 114 valence electrons. The molecule has 1 fully saturated rings. The number of nitrogen functional groups attached to an aromatic ring is 1. The molecule has 1 aliphatic carbocycles. The molecule has 0 bridgehead atoms. The van der Waals surface area contributed by atoms with Crippen molar-refractivity contribution in [3.8, 4) is 0 Å². The lowest BCUT2D eigenvalue weighted by Gasteiger charge is -2.27. The van der Waals surface area contributed by atoms with Crippen LogP contribution < -0.4 is 5.73 Å². The molecule has 1 heterocycles. The first kappa shape index (κ1) is 15.7. The average Bonchev–Trinajstić information content (AvgIpc) is 2.96. The van der Waals surface area contributed by atoms with Crippen LogP contribution in [0, 0.1) is 0 Å². The van der Waals surface area contributed by atoms with Gasteiger partial charge in [0, 0.05) is 17.9 Å². The summed E-state index contributed by atoms with van der Waals surface area (Å²) in [5, 5.41) is 0. The van der Waals surface area contributed by atoms with Crippen molar-refractivity contribution in [2.75, 3.05) is 17.2 Å². The first-order valence-electron chi connectivity index (χ1n) is 7.90. The number of nitrogens with zero attached hydrogens (tertiary/aromatic N) is 2. The van der Waals surface area contributed by atoms with Crippen molar-refractivity contribution >= 4 is 17.6 Å². The number of nitrogens with two attached hydrogens (primary N) is 1. The van der Waals surface area contributed by atoms with Crippen molar-refractivity contribution in [3.05, 3.63) is 11.5 Å². The lowest BCUT2D eigenvalue weighted by atomic mass is 10.0. The quantitative estimate of drug-likeness (QED) is 0.829. The van der Waals surface area contributed by atoms with Crippen LogP contribution in [0.4, 0.5) is 5.82 Å². The molecule has 0 aliphatic heterocycles. The molecule has 1 aromatic rings. The maximum atomic E-state index is 6.43. The van der Waals surface area contributed by atoms with Crippen LogP contribution in [-0.2, 0) is 12.0 Å². The number of imidazole rings is 1. The summed E-state index contributed by atoms with van der Waals surface area (Å²) in [6.07, 6.45) is 6.21. The van der Waals surface area contributed by atoms with E-state index in [1.54, 1.807) is 0 Å². The SMILES string of the molecule is CCSCCc1nc(C2CCCC2)n(C(C)(C)C)c1N. The molecule has 0 radical (unpaired) electrons. The van der Waals surface area contributed by atoms with Gasteiger partial charge in [0.05, 0.1) is 5.69 Å². The fourth-order valence-corrected chi connectivity index (χ4v) is 3.78. The Labute approximate surface area is 127 Å². The molecule has 0 aromatic carbocycles. The average molecular weight is 295 g/mol. The van der Waals surface area contributed by atoms with Crippen LogP contribution in [0.3, 0.4) is 0 Å². The van der Waals surface area contributed by atoms with Gasteiger partial charge in [-0.2, -0.15) is 11.8 Å². The van der Waals surface area contributed by atoms with Gasteiger partial charge in [0.2, 0.25) is 0 Å². The normalized spacial score (nSPS) is 17.0. The summed E-state index contributed by atoms with van der Waals surface area (Å²) < 4.78 is 2.30. The third-order valence-electron chi connectivity index (χ3n) is 4.09. The van der Waals surface area contributed by atoms with E-state index < -0.39 is 0 Å². The lowest BCUT2D eigenvalue weighted by molar-refractivity contribution is 0.377. The van der Waals surface area contributed by atoms with Crippen molar-refractivity contribution in [1.29, 1.82) is 0 Å². The van der Waals surface area contributed by atoms with E-state index >= 15 is 0 Å². The largest absolute Gasteiger partial charge is 0.384 e. The van der Waals surface area contributed by atoms with Gasteiger partial charge in [-0.1, -0.05) is 19.8 Å². The molecule has 0 saturated heterocycles. The Bertz CT molecular complexity index is 439. The van der Waals surface area contributed by atoms with Gasteiger partial charge >= 0.3 is 0 Å². The Morgan fingerprint density at radius 3 is 2.50 bits per heavy atom. The smallest absolute Gasteiger partial charge is 0.127 e. The summed E-state index contributed by atoms with van der Waals surface area (Å²) in [7, 11) is 0. The Morgan fingerprint density at radius 2 is 1.95 bits per heavy atom. The molecule has 0 spiro atoms. The zero-order valence-corrected chi connectivity index (χ0v) is 14.2.